The predicted octanol–water partition coefficient (Wildman–Crippen LogP) is -0.548. The first-order valence-electron chi connectivity index (χ1n) is 8.66. The summed E-state index contributed by atoms with van der Waals surface area (Å²) in [5, 5.41) is 21.8. The average Bonchev–Trinajstić information content (AvgIpc) is 3.40. The molecule has 0 radical (unpaired) electrons. The molecule has 158 valence electrons. The van der Waals surface area contributed by atoms with Crippen molar-refractivity contribution in [1.82, 2.24) is 40.6 Å². The molecule has 12 nitrogen and oxygen atoms in total. The number of carbonyl (C=O) groups excluding carboxylic acids is 3. The Morgan fingerprint density at radius 3 is 2.90 bits per heavy atom. The molecule has 0 aliphatic carbocycles. The van der Waals surface area contributed by atoms with Crippen molar-refractivity contribution in [2.24, 2.45) is 0 Å². The summed E-state index contributed by atoms with van der Waals surface area (Å²) < 4.78 is 6.97. The van der Waals surface area contributed by atoms with E-state index in [-0.39, 0.29) is 23.5 Å². The molecule has 2 aromatic heterocycles. The second kappa shape index (κ2) is 8.69. The number of nitrogens with zero attached hydrogens (tertiary/aromatic N) is 7. The topological polar surface area (TPSA) is 145 Å². The molecule has 1 saturated heterocycles. The van der Waals surface area contributed by atoms with Crippen LogP contribution < -0.4 is 5.32 Å². The molecular weight excluding hydrogens is 452 g/mol. The molecule has 2 aliphatic rings. The minimum Gasteiger partial charge on any atom is -0.464 e. The van der Waals surface area contributed by atoms with Gasteiger partial charge in [0.05, 0.1) is 7.11 Å². The van der Waals surface area contributed by atoms with Crippen molar-refractivity contribution in [2.75, 3.05) is 18.6 Å². The molecule has 0 spiro atoms. The minimum atomic E-state index is -0.723. The monoisotopic (exact) mass is 468 g/mol. The van der Waals surface area contributed by atoms with E-state index in [1.165, 1.54) is 57.9 Å². The maximum absolute atomic E-state index is 12.8. The van der Waals surface area contributed by atoms with E-state index in [1.807, 2.05) is 6.92 Å². The Morgan fingerprint density at radius 2 is 2.23 bits per heavy atom. The van der Waals surface area contributed by atoms with E-state index in [1.54, 1.807) is 0 Å². The van der Waals surface area contributed by atoms with Crippen LogP contribution in [0.5, 0.6) is 0 Å². The number of methoxy groups -OCH3 is 1. The fourth-order valence-electron chi connectivity index (χ4n) is 2.98. The molecule has 2 amide bonds. The van der Waals surface area contributed by atoms with Crippen LogP contribution in [0.25, 0.3) is 0 Å². The number of tetrazole rings is 1. The number of aryl methyl sites for hydroxylation is 1. The van der Waals surface area contributed by atoms with Crippen LogP contribution in [0.2, 0.25) is 0 Å². The third-order valence-corrected chi connectivity index (χ3v) is 7.71. The third kappa shape index (κ3) is 4.04. The van der Waals surface area contributed by atoms with Crippen molar-refractivity contribution >= 4 is 52.6 Å². The molecule has 2 aliphatic heterocycles. The summed E-state index contributed by atoms with van der Waals surface area (Å²) in [5.41, 5.74) is 1.03. The maximum Gasteiger partial charge on any atom is 0.354 e. The lowest BCUT2D eigenvalue weighted by atomic mass is 10.0. The Balaban J connectivity index is 1.46. The van der Waals surface area contributed by atoms with Crippen molar-refractivity contribution in [1.29, 1.82) is 0 Å². The second-order valence-electron chi connectivity index (χ2n) is 6.28. The highest BCUT2D eigenvalue weighted by Gasteiger charge is 2.54. The molecule has 0 bridgehead atoms. The first kappa shape index (κ1) is 20.7. The number of β-lactam (4-membered cyclic amide) rings is 1. The number of ether oxygens (including phenoxy) is 1. The van der Waals surface area contributed by atoms with E-state index >= 15 is 0 Å². The van der Waals surface area contributed by atoms with Gasteiger partial charge < -0.3 is 10.1 Å². The quantitative estimate of drug-likeness (QED) is 0.317. The normalized spacial score (nSPS) is 20.6. The van der Waals surface area contributed by atoms with Gasteiger partial charge in [0, 0.05) is 11.5 Å². The maximum atomic E-state index is 12.8. The smallest absolute Gasteiger partial charge is 0.354 e. The number of fused-ring (bicyclic) bond motifs is 1. The predicted molar refractivity (Wildman–Crippen MR) is 107 cm³/mol. The summed E-state index contributed by atoms with van der Waals surface area (Å²) in [5.74, 6) is -0.303. The van der Waals surface area contributed by atoms with Crippen LogP contribution in [0.1, 0.15) is 5.01 Å². The van der Waals surface area contributed by atoms with E-state index in [9.17, 15) is 14.4 Å². The van der Waals surface area contributed by atoms with Gasteiger partial charge in [-0.2, -0.15) is 0 Å². The molecule has 2 atom stereocenters. The van der Waals surface area contributed by atoms with Crippen LogP contribution in [0, 0.1) is 6.92 Å². The van der Waals surface area contributed by atoms with Gasteiger partial charge in [0.2, 0.25) is 5.91 Å². The van der Waals surface area contributed by atoms with Crippen LogP contribution in [0.15, 0.2) is 21.9 Å². The molecule has 4 heterocycles. The molecule has 1 fully saturated rings. The number of thioether (sulfide) groups is 2. The first-order valence-corrected chi connectivity index (χ1v) is 11.5. The van der Waals surface area contributed by atoms with Gasteiger partial charge in [-0.05, 0) is 22.9 Å². The highest BCUT2D eigenvalue weighted by Crippen LogP contribution is 2.42. The van der Waals surface area contributed by atoms with E-state index in [2.05, 4.69) is 31.0 Å². The van der Waals surface area contributed by atoms with Crippen molar-refractivity contribution in [2.45, 2.75) is 29.2 Å². The van der Waals surface area contributed by atoms with Crippen LogP contribution in [0.4, 0.5) is 0 Å². The van der Waals surface area contributed by atoms with Gasteiger partial charge in [0.1, 0.15) is 35.0 Å². The Hall–Kier alpha value is -2.52. The van der Waals surface area contributed by atoms with E-state index in [0.717, 1.165) is 14.9 Å². The van der Waals surface area contributed by atoms with Crippen LogP contribution >= 0.6 is 34.9 Å². The first-order chi connectivity index (χ1) is 14.5. The van der Waals surface area contributed by atoms with Gasteiger partial charge in [-0.15, -0.1) is 27.1 Å². The molecule has 30 heavy (non-hydrogen) atoms. The van der Waals surface area contributed by atoms with Gasteiger partial charge in [0.15, 0.2) is 4.34 Å². The molecule has 0 aromatic carbocycles. The Kier molecular flexibility index (Phi) is 6.01. The van der Waals surface area contributed by atoms with Gasteiger partial charge >= 0.3 is 5.97 Å². The molecule has 4 rings (SSSR count). The number of rotatable bonds is 7. The summed E-state index contributed by atoms with van der Waals surface area (Å²) in [6.45, 7) is 1.77. The zero-order valence-electron chi connectivity index (χ0n) is 15.8. The second-order valence-corrected chi connectivity index (χ2v) is 9.79. The number of amides is 2. The largest absolute Gasteiger partial charge is 0.464 e. The zero-order chi connectivity index (χ0) is 21.3. The molecule has 0 saturated carbocycles. The summed E-state index contributed by atoms with van der Waals surface area (Å²) >= 11 is 4.41. The minimum absolute atomic E-state index is 0.100. The Morgan fingerprint density at radius 1 is 1.40 bits per heavy atom. The van der Waals surface area contributed by atoms with E-state index < -0.39 is 17.9 Å². The lowest BCUT2D eigenvalue weighted by Gasteiger charge is -2.49. The summed E-state index contributed by atoms with van der Waals surface area (Å²) in [6, 6.07) is -0.723. The SMILES string of the molecule is COC(=O)C1=C(CSc2nnc(C)s2)CSC2C(NC(=O)Cn3cnnn3)C(=O)N12. The van der Waals surface area contributed by atoms with Crippen molar-refractivity contribution < 1.29 is 19.1 Å². The number of esters is 1. The molecule has 15 heteroatoms. The molecule has 1 N–H and O–H groups in total. The van der Waals surface area contributed by atoms with Crippen molar-refractivity contribution in [3.8, 4) is 0 Å². The lowest BCUT2D eigenvalue weighted by molar-refractivity contribution is -0.151. The summed E-state index contributed by atoms with van der Waals surface area (Å²) in [4.78, 5) is 38.8. The highest BCUT2D eigenvalue weighted by atomic mass is 32.2. The van der Waals surface area contributed by atoms with E-state index in [4.69, 9.17) is 4.74 Å². The lowest BCUT2D eigenvalue weighted by Crippen LogP contribution is -2.70. The molecule has 2 aromatic rings. The van der Waals surface area contributed by atoms with Gasteiger partial charge in [-0.3, -0.25) is 14.5 Å². The standard InChI is InChI=1S/C15H16N8O4S3/c1-7-18-19-15(30-7)29-5-8-4-28-13-10(12(25)23(13)11(8)14(26)27-2)17-9(24)3-22-6-16-20-21-22/h6,10,13H,3-5H2,1-2H3,(H,17,24). The van der Waals surface area contributed by atoms with Crippen molar-refractivity contribution in [3.05, 3.63) is 22.6 Å². The molecular formula is C15H16N8O4S3. The summed E-state index contributed by atoms with van der Waals surface area (Å²) in [6.07, 6.45) is 1.31. The number of hydrogen-bond donors (Lipinski definition) is 1. The van der Waals surface area contributed by atoms with Gasteiger partial charge in [0.25, 0.3) is 5.91 Å². The highest BCUT2D eigenvalue weighted by molar-refractivity contribution is 8.01. The fraction of sp³-hybridized carbons (Fsp3) is 0.467. The van der Waals surface area contributed by atoms with Gasteiger partial charge in [-0.1, -0.05) is 23.1 Å². The van der Waals surface area contributed by atoms with Crippen molar-refractivity contribution in [3.63, 3.8) is 0 Å². The number of nitrogens with one attached hydrogen (secondary N) is 1. The van der Waals surface area contributed by atoms with Crippen LogP contribution in [-0.2, 0) is 25.7 Å². The van der Waals surface area contributed by atoms with Gasteiger partial charge in [-0.25, -0.2) is 9.48 Å². The molecule has 2 unspecified atom stereocenters. The zero-order valence-corrected chi connectivity index (χ0v) is 18.3. The number of aromatic nitrogens is 6. The number of hydrogen-bond acceptors (Lipinski definition) is 12. The fourth-order valence-corrected chi connectivity index (χ4v) is 6.28. The average molecular weight is 469 g/mol. The Bertz CT molecular complexity index is 1010. The number of carbonyl (C=O) groups is 3. The Labute approximate surface area is 182 Å². The third-order valence-electron chi connectivity index (χ3n) is 4.32. The van der Waals surface area contributed by atoms with Crippen LogP contribution in [-0.4, -0.2) is 83.1 Å². The summed E-state index contributed by atoms with van der Waals surface area (Å²) in [7, 11) is 1.28. The van der Waals surface area contributed by atoms with Crippen LogP contribution in [0.3, 0.4) is 0 Å². The van der Waals surface area contributed by atoms with E-state index in [0.29, 0.717) is 11.5 Å².